The zero-order valence-electron chi connectivity index (χ0n) is 13.0. The molecule has 1 aliphatic rings. The van der Waals surface area contributed by atoms with Crippen molar-refractivity contribution in [1.29, 1.82) is 0 Å². The quantitative estimate of drug-likeness (QED) is 0.860. The van der Waals surface area contributed by atoms with Crippen molar-refractivity contribution in [3.05, 3.63) is 29.7 Å². The minimum Gasteiger partial charge on any atom is -0.506 e. The molecule has 0 atom stereocenters. The molecule has 1 aliphatic heterocycles. The Morgan fingerprint density at radius 3 is 2.76 bits per heavy atom. The van der Waals surface area contributed by atoms with Crippen LogP contribution in [0.25, 0.3) is 5.57 Å². The third kappa shape index (κ3) is 3.97. The highest BCUT2D eigenvalue weighted by molar-refractivity contribution is 5.75. The fourth-order valence-electron chi connectivity index (χ4n) is 2.30. The summed E-state index contributed by atoms with van der Waals surface area (Å²) in [7, 11) is 0. The van der Waals surface area contributed by atoms with Crippen LogP contribution in [-0.2, 0) is 4.74 Å². The number of carbonyl (C=O) groups is 1. The Morgan fingerprint density at radius 2 is 2.14 bits per heavy atom. The van der Waals surface area contributed by atoms with Crippen molar-refractivity contribution in [2.45, 2.75) is 46.1 Å². The zero-order chi connectivity index (χ0) is 15.6. The number of allylic oxidation sites excluding steroid dienone is 1. The first-order chi connectivity index (χ1) is 9.76. The van der Waals surface area contributed by atoms with Crippen molar-refractivity contribution >= 4 is 11.7 Å². The first-order valence-corrected chi connectivity index (χ1v) is 7.12. The van der Waals surface area contributed by atoms with Crippen LogP contribution in [-0.4, -0.2) is 33.2 Å². The summed E-state index contributed by atoms with van der Waals surface area (Å²) in [5.41, 5.74) is 2.20. The van der Waals surface area contributed by atoms with Gasteiger partial charge in [0.25, 0.3) is 0 Å². The van der Waals surface area contributed by atoms with E-state index in [1.54, 1.807) is 11.0 Å². The van der Waals surface area contributed by atoms with Crippen molar-refractivity contribution in [1.82, 2.24) is 9.88 Å². The molecule has 0 aliphatic carbocycles. The SMILES string of the molecule is Cc1cc(O)cnc1C1=CN(C(=O)OC(C)(C)C)CCC1. The Kier molecular flexibility index (Phi) is 4.21. The Bertz CT molecular complexity index is 573. The van der Waals surface area contributed by atoms with Crippen LogP contribution in [0.3, 0.4) is 0 Å². The van der Waals surface area contributed by atoms with Gasteiger partial charge < -0.3 is 9.84 Å². The average molecular weight is 290 g/mol. The second-order valence-electron chi connectivity index (χ2n) is 6.29. The predicted molar refractivity (Wildman–Crippen MR) is 80.8 cm³/mol. The van der Waals surface area contributed by atoms with Crippen LogP contribution >= 0.6 is 0 Å². The van der Waals surface area contributed by atoms with Crippen LogP contribution in [0.5, 0.6) is 5.75 Å². The van der Waals surface area contributed by atoms with E-state index in [-0.39, 0.29) is 11.8 Å². The second-order valence-corrected chi connectivity index (χ2v) is 6.29. The number of aryl methyl sites for hydroxylation is 1. The molecular weight excluding hydrogens is 268 g/mol. The van der Waals surface area contributed by atoms with E-state index in [1.165, 1.54) is 6.20 Å². The summed E-state index contributed by atoms with van der Waals surface area (Å²) in [6, 6.07) is 1.68. The first kappa shape index (κ1) is 15.4. The van der Waals surface area contributed by atoms with Gasteiger partial charge in [-0.1, -0.05) is 0 Å². The Balaban J connectivity index is 2.23. The van der Waals surface area contributed by atoms with E-state index in [4.69, 9.17) is 4.74 Å². The van der Waals surface area contributed by atoms with Gasteiger partial charge in [-0.3, -0.25) is 9.88 Å². The summed E-state index contributed by atoms with van der Waals surface area (Å²) in [5.74, 6) is 0.150. The van der Waals surface area contributed by atoms with Crippen molar-refractivity contribution in [2.75, 3.05) is 6.54 Å². The molecule has 5 nitrogen and oxygen atoms in total. The van der Waals surface area contributed by atoms with Crippen LogP contribution in [0.15, 0.2) is 18.5 Å². The average Bonchev–Trinajstić information content (AvgIpc) is 2.37. The van der Waals surface area contributed by atoms with Gasteiger partial charge in [0.05, 0.1) is 11.9 Å². The van der Waals surface area contributed by atoms with Gasteiger partial charge in [-0.05, 0) is 57.7 Å². The summed E-state index contributed by atoms with van der Waals surface area (Å²) in [5, 5.41) is 9.44. The third-order valence-electron chi connectivity index (χ3n) is 3.15. The van der Waals surface area contributed by atoms with Gasteiger partial charge >= 0.3 is 6.09 Å². The maximum absolute atomic E-state index is 12.1. The molecule has 1 aromatic rings. The highest BCUT2D eigenvalue weighted by atomic mass is 16.6. The number of ether oxygens (including phenoxy) is 1. The molecule has 0 fully saturated rings. The number of aromatic nitrogens is 1. The Labute approximate surface area is 125 Å². The summed E-state index contributed by atoms with van der Waals surface area (Å²) < 4.78 is 5.39. The van der Waals surface area contributed by atoms with Gasteiger partial charge in [0.15, 0.2) is 0 Å². The molecule has 21 heavy (non-hydrogen) atoms. The normalized spacial score (nSPS) is 15.6. The van der Waals surface area contributed by atoms with E-state index in [1.807, 2.05) is 33.9 Å². The smallest absolute Gasteiger partial charge is 0.414 e. The molecular formula is C16H22N2O3. The number of rotatable bonds is 1. The molecule has 1 aromatic heterocycles. The van der Waals surface area contributed by atoms with E-state index in [0.717, 1.165) is 29.7 Å². The number of nitrogens with zero attached hydrogens (tertiary/aromatic N) is 2. The molecule has 0 aromatic carbocycles. The van der Waals surface area contributed by atoms with E-state index in [0.29, 0.717) is 6.54 Å². The Hall–Kier alpha value is -2.04. The van der Waals surface area contributed by atoms with Crippen LogP contribution in [0.2, 0.25) is 0 Å². The molecule has 1 amide bonds. The lowest BCUT2D eigenvalue weighted by Crippen LogP contribution is -2.35. The molecule has 0 spiro atoms. The summed E-state index contributed by atoms with van der Waals surface area (Å²) in [6.45, 7) is 8.10. The molecule has 0 unspecified atom stereocenters. The van der Waals surface area contributed by atoms with E-state index >= 15 is 0 Å². The number of pyridine rings is 1. The molecule has 2 rings (SSSR count). The lowest BCUT2D eigenvalue weighted by atomic mass is 10.0. The molecule has 2 heterocycles. The lowest BCUT2D eigenvalue weighted by molar-refractivity contribution is 0.0329. The van der Waals surface area contributed by atoms with Crippen molar-refractivity contribution in [3.8, 4) is 5.75 Å². The van der Waals surface area contributed by atoms with Gasteiger partial charge in [0.1, 0.15) is 11.4 Å². The van der Waals surface area contributed by atoms with Crippen LogP contribution in [0, 0.1) is 6.92 Å². The molecule has 114 valence electrons. The number of carbonyl (C=O) groups excluding carboxylic acids is 1. The van der Waals surface area contributed by atoms with Crippen LogP contribution in [0.4, 0.5) is 4.79 Å². The van der Waals surface area contributed by atoms with Gasteiger partial charge in [-0.25, -0.2) is 4.79 Å². The van der Waals surface area contributed by atoms with E-state index in [2.05, 4.69) is 4.98 Å². The number of amides is 1. The largest absolute Gasteiger partial charge is 0.506 e. The van der Waals surface area contributed by atoms with Gasteiger partial charge in [-0.15, -0.1) is 0 Å². The van der Waals surface area contributed by atoms with Gasteiger partial charge in [0.2, 0.25) is 0 Å². The van der Waals surface area contributed by atoms with Crippen LogP contribution < -0.4 is 0 Å². The number of hydrogen-bond donors (Lipinski definition) is 1. The van der Waals surface area contributed by atoms with Gasteiger partial charge in [-0.2, -0.15) is 0 Å². The lowest BCUT2D eigenvalue weighted by Gasteiger charge is -2.28. The van der Waals surface area contributed by atoms with Crippen molar-refractivity contribution in [2.24, 2.45) is 0 Å². The standard InChI is InChI=1S/C16H22N2O3/c1-11-8-13(19)9-17-14(11)12-6-5-7-18(10-12)15(20)21-16(2,3)4/h8-10,19H,5-7H2,1-4H3. The number of hydrogen-bond acceptors (Lipinski definition) is 4. The Morgan fingerprint density at radius 1 is 1.43 bits per heavy atom. The third-order valence-corrected chi connectivity index (χ3v) is 3.15. The fraction of sp³-hybridized carbons (Fsp3) is 0.500. The molecule has 0 saturated heterocycles. The minimum absolute atomic E-state index is 0.150. The van der Waals surface area contributed by atoms with E-state index < -0.39 is 5.60 Å². The molecule has 0 saturated carbocycles. The highest BCUT2D eigenvalue weighted by Crippen LogP contribution is 2.28. The van der Waals surface area contributed by atoms with Gasteiger partial charge in [0, 0.05) is 12.7 Å². The molecule has 1 N–H and O–H groups in total. The van der Waals surface area contributed by atoms with E-state index in [9.17, 15) is 9.90 Å². The summed E-state index contributed by atoms with van der Waals surface area (Å²) in [4.78, 5) is 18.0. The second kappa shape index (κ2) is 5.76. The summed E-state index contributed by atoms with van der Waals surface area (Å²) >= 11 is 0. The maximum Gasteiger partial charge on any atom is 0.414 e. The topological polar surface area (TPSA) is 62.7 Å². The number of aromatic hydroxyl groups is 1. The maximum atomic E-state index is 12.1. The monoisotopic (exact) mass is 290 g/mol. The molecule has 5 heteroatoms. The highest BCUT2D eigenvalue weighted by Gasteiger charge is 2.24. The summed E-state index contributed by atoms with van der Waals surface area (Å²) in [6.07, 6.45) is 4.63. The zero-order valence-corrected chi connectivity index (χ0v) is 13.0. The molecule has 0 bridgehead atoms. The fourth-order valence-corrected chi connectivity index (χ4v) is 2.30. The molecule has 0 radical (unpaired) electrons. The first-order valence-electron chi connectivity index (χ1n) is 7.12. The minimum atomic E-state index is -0.505. The predicted octanol–water partition coefficient (Wildman–Crippen LogP) is 3.47. The van der Waals surface area contributed by atoms with Crippen LogP contribution in [0.1, 0.15) is 44.9 Å². The van der Waals surface area contributed by atoms with Crippen molar-refractivity contribution in [3.63, 3.8) is 0 Å². The van der Waals surface area contributed by atoms with Crippen molar-refractivity contribution < 1.29 is 14.6 Å².